The van der Waals surface area contributed by atoms with Gasteiger partial charge in [0.05, 0.1) is 12.0 Å². The van der Waals surface area contributed by atoms with Gasteiger partial charge in [-0.25, -0.2) is 0 Å². The second kappa shape index (κ2) is 11.3. The predicted molar refractivity (Wildman–Crippen MR) is 97.5 cm³/mol. The van der Waals surface area contributed by atoms with Crippen molar-refractivity contribution in [3.05, 3.63) is 35.9 Å². The summed E-state index contributed by atoms with van der Waals surface area (Å²) in [5.74, 6) is 0.0247. The zero-order chi connectivity index (χ0) is 17.0. The Kier molecular flexibility index (Phi) is 9.66. The lowest BCUT2D eigenvalue weighted by atomic mass is 9.73. The highest BCUT2D eigenvalue weighted by Crippen LogP contribution is 2.36. The van der Waals surface area contributed by atoms with E-state index in [0.717, 1.165) is 57.8 Å². The van der Waals surface area contributed by atoms with Crippen molar-refractivity contribution in [2.75, 3.05) is 6.61 Å². The first kappa shape index (κ1) is 19.7. The van der Waals surface area contributed by atoms with E-state index < -0.39 is 0 Å². The van der Waals surface area contributed by atoms with E-state index in [1.54, 1.807) is 0 Å². The van der Waals surface area contributed by atoms with Crippen molar-refractivity contribution in [3.8, 4) is 0 Å². The average Bonchev–Trinajstić information content (AvgIpc) is 2.58. The number of benzene rings is 1. The molecule has 0 unspecified atom stereocenters. The molecule has 23 heavy (non-hydrogen) atoms. The van der Waals surface area contributed by atoms with Crippen LogP contribution in [0.25, 0.3) is 0 Å². The van der Waals surface area contributed by atoms with Crippen LogP contribution in [0.5, 0.6) is 0 Å². The summed E-state index contributed by atoms with van der Waals surface area (Å²) in [4.78, 5) is 12.9. The summed E-state index contributed by atoms with van der Waals surface area (Å²) in [6.07, 6.45) is 9.08. The Morgan fingerprint density at radius 1 is 0.913 bits per heavy atom. The van der Waals surface area contributed by atoms with Crippen LogP contribution in [0, 0.1) is 5.41 Å². The first-order valence-corrected chi connectivity index (χ1v) is 9.39. The molecule has 0 fully saturated rings. The Morgan fingerprint density at radius 3 is 2.00 bits per heavy atom. The van der Waals surface area contributed by atoms with Crippen molar-refractivity contribution < 1.29 is 9.53 Å². The summed E-state index contributed by atoms with van der Waals surface area (Å²) < 4.78 is 5.68. The Labute approximate surface area is 142 Å². The van der Waals surface area contributed by atoms with Crippen molar-refractivity contribution in [3.63, 3.8) is 0 Å². The van der Waals surface area contributed by atoms with E-state index in [1.165, 1.54) is 5.56 Å². The van der Waals surface area contributed by atoms with Crippen LogP contribution in [-0.2, 0) is 16.0 Å². The lowest BCUT2D eigenvalue weighted by Crippen LogP contribution is -2.35. The Hall–Kier alpha value is -1.31. The monoisotopic (exact) mass is 318 g/mol. The average molecular weight is 319 g/mol. The van der Waals surface area contributed by atoms with Gasteiger partial charge in [-0.3, -0.25) is 4.79 Å². The molecule has 0 atom stereocenters. The third kappa shape index (κ3) is 6.76. The molecule has 0 bridgehead atoms. The molecular formula is C21H34O2. The van der Waals surface area contributed by atoms with E-state index in [9.17, 15) is 4.79 Å². The lowest BCUT2D eigenvalue weighted by molar-refractivity contribution is -0.157. The van der Waals surface area contributed by atoms with Crippen molar-refractivity contribution in [1.82, 2.24) is 0 Å². The summed E-state index contributed by atoms with van der Waals surface area (Å²) in [7, 11) is 0. The maximum absolute atomic E-state index is 12.9. The molecule has 0 heterocycles. The molecule has 0 aliphatic carbocycles. The number of unbranched alkanes of at least 4 members (excludes halogenated alkanes) is 3. The van der Waals surface area contributed by atoms with E-state index in [2.05, 4.69) is 45.0 Å². The predicted octanol–water partition coefficient (Wildman–Crippen LogP) is 5.94. The van der Waals surface area contributed by atoms with Crippen LogP contribution in [0.2, 0.25) is 0 Å². The number of ether oxygens (including phenoxy) is 1. The van der Waals surface area contributed by atoms with Gasteiger partial charge in [-0.05, 0) is 31.2 Å². The number of rotatable bonds is 12. The maximum Gasteiger partial charge on any atom is 0.312 e. The van der Waals surface area contributed by atoms with Gasteiger partial charge in [0.1, 0.15) is 0 Å². The summed E-state index contributed by atoms with van der Waals surface area (Å²) in [5, 5.41) is 0. The van der Waals surface area contributed by atoms with Crippen molar-refractivity contribution in [2.24, 2.45) is 5.41 Å². The van der Waals surface area contributed by atoms with Gasteiger partial charge < -0.3 is 4.74 Å². The van der Waals surface area contributed by atoms with Crippen molar-refractivity contribution in [2.45, 2.75) is 78.6 Å². The summed E-state index contributed by atoms with van der Waals surface area (Å²) in [6.45, 7) is 7.06. The normalized spacial score (nSPS) is 11.4. The van der Waals surface area contributed by atoms with Gasteiger partial charge >= 0.3 is 5.97 Å². The van der Waals surface area contributed by atoms with E-state index in [0.29, 0.717) is 6.61 Å². The molecule has 2 nitrogen and oxygen atoms in total. The third-order valence-electron chi connectivity index (χ3n) is 4.57. The molecule has 0 aromatic heterocycles. The van der Waals surface area contributed by atoms with Crippen LogP contribution < -0.4 is 0 Å². The molecule has 0 aliphatic rings. The number of hydrogen-bond acceptors (Lipinski definition) is 2. The fraction of sp³-hybridized carbons (Fsp3) is 0.667. The molecule has 2 heteroatoms. The second-order valence-electron chi connectivity index (χ2n) is 6.64. The van der Waals surface area contributed by atoms with E-state index in [4.69, 9.17) is 4.74 Å². The number of carbonyl (C=O) groups excluding carboxylic acids is 1. The molecule has 1 aromatic rings. The van der Waals surface area contributed by atoms with Crippen LogP contribution in [0.15, 0.2) is 30.3 Å². The minimum Gasteiger partial charge on any atom is -0.465 e. The molecule has 1 rings (SSSR count). The van der Waals surface area contributed by atoms with Gasteiger partial charge in [-0.1, -0.05) is 83.2 Å². The van der Waals surface area contributed by atoms with Gasteiger partial charge in [-0.15, -0.1) is 0 Å². The van der Waals surface area contributed by atoms with E-state index in [1.807, 2.05) is 6.07 Å². The van der Waals surface area contributed by atoms with E-state index in [-0.39, 0.29) is 11.4 Å². The Bertz CT molecular complexity index is 417. The first-order valence-electron chi connectivity index (χ1n) is 9.39. The summed E-state index contributed by atoms with van der Waals surface area (Å²) >= 11 is 0. The second-order valence-corrected chi connectivity index (χ2v) is 6.64. The Balaban J connectivity index is 2.94. The Morgan fingerprint density at radius 2 is 1.48 bits per heavy atom. The molecule has 0 N–H and O–H groups in total. The molecule has 130 valence electrons. The van der Waals surface area contributed by atoms with Crippen LogP contribution in [0.3, 0.4) is 0 Å². The number of esters is 1. The van der Waals surface area contributed by atoms with Crippen LogP contribution in [0.4, 0.5) is 0 Å². The summed E-state index contributed by atoms with van der Waals surface area (Å²) in [5.41, 5.74) is 0.897. The largest absolute Gasteiger partial charge is 0.465 e. The molecule has 0 spiro atoms. The lowest BCUT2D eigenvalue weighted by Gasteiger charge is -2.32. The van der Waals surface area contributed by atoms with Gasteiger partial charge in [0, 0.05) is 0 Å². The quantitative estimate of drug-likeness (QED) is 0.352. The molecule has 1 aromatic carbocycles. The van der Waals surface area contributed by atoms with Gasteiger partial charge in [-0.2, -0.15) is 0 Å². The number of hydrogen-bond donors (Lipinski definition) is 0. The third-order valence-corrected chi connectivity index (χ3v) is 4.57. The maximum atomic E-state index is 12.9. The first-order chi connectivity index (χ1) is 11.2. The standard InChI is InChI=1S/C21H34O2/c1-4-7-15-21(16-8-5-2,20(22)23-17-9-6-3)18-19-13-11-10-12-14-19/h10-14H,4-9,15-18H2,1-3H3. The molecule has 0 amide bonds. The highest BCUT2D eigenvalue weighted by Gasteiger charge is 2.38. The summed E-state index contributed by atoms with van der Waals surface area (Å²) in [6, 6.07) is 10.4. The van der Waals surface area contributed by atoms with Crippen molar-refractivity contribution >= 4 is 5.97 Å². The zero-order valence-electron chi connectivity index (χ0n) is 15.3. The van der Waals surface area contributed by atoms with Crippen LogP contribution in [-0.4, -0.2) is 12.6 Å². The van der Waals surface area contributed by atoms with E-state index >= 15 is 0 Å². The topological polar surface area (TPSA) is 26.3 Å². The highest BCUT2D eigenvalue weighted by molar-refractivity contribution is 5.77. The minimum absolute atomic E-state index is 0.0247. The number of carbonyl (C=O) groups is 1. The van der Waals surface area contributed by atoms with Gasteiger partial charge in [0.25, 0.3) is 0 Å². The zero-order valence-corrected chi connectivity index (χ0v) is 15.3. The fourth-order valence-corrected chi connectivity index (χ4v) is 3.06. The highest BCUT2D eigenvalue weighted by atomic mass is 16.5. The van der Waals surface area contributed by atoms with Gasteiger partial charge in [0.15, 0.2) is 0 Å². The van der Waals surface area contributed by atoms with Crippen LogP contribution >= 0.6 is 0 Å². The molecule has 0 aliphatic heterocycles. The smallest absolute Gasteiger partial charge is 0.312 e. The molecule has 0 saturated heterocycles. The molecule has 0 saturated carbocycles. The van der Waals surface area contributed by atoms with Crippen LogP contribution in [0.1, 0.15) is 77.7 Å². The van der Waals surface area contributed by atoms with Gasteiger partial charge in [0.2, 0.25) is 0 Å². The van der Waals surface area contributed by atoms with Crippen molar-refractivity contribution in [1.29, 1.82) is 0 Å². The molecule has 0 radical (unpaired) electrons. The minimum atomic E-state index is -0.346. The molecular weight excluding hydrogens is 284 g/mol. The fourth-order valence-electron chi connectivity index (χ4n) is 3.06. The SMILES string of the molecule is CCCCOC(=O)C(CCCC)(CCCC)Cc1ccccc1.